The van der Waals surface area contributed by atoms with Gasteiger partial charge in [0, 0.05) is 25.0 Å². The van der Waals surface area contributed by atoms with Crippen LogP contribution < -0.4 is 5.19 Å². The van der Waals surface area contributed by atoms with Crippen molar-refractivity contribution in [1.82, 2.24) is 0 Å². The highest BCUT2D eigenvalue weighted by molar-refractivity contribution is 6.75. The third kappa shape index (κ3) is 9.54. The number of quaternary nitrogens is 2. The normalized spacial score (nSPS) is 20.2. The van der Waals surface area contributed by atoms with Crippen LogP contribution in [0.1, 0.15) is 20.8 Å². The Kier molecular flexibility index (Phi) is 13.5. The monoisotopic (exact) mass is 668 g/mol. The molecule has 0 spiro atoms. The fourth-order valence-electron chi connectivity index (χ4n) is 5.74. The highest BCUT2D eigenvalue weighted by atomic mass is 35.5. The molecule has 0 radical (unpaired) electrons. The van der Waals surface area contributed by atoms with Crippen molar-refractivity contribution in [2.45, 2.75) is 20.8 Å². The van der Waals surface area contributed by atoms with E-state index >= 15 is 0 Å². The van der Waals surface area contributed by atoms with Crippen LogP contribution in [0.2, 0.25) is 0 Å². The van der Waals surface area contributed by atoms with Crippen LogP contribution in [0.5, 0.6) is 0 Å². The molecule has 0 unspecified atom stereocenters. The summed E-state index contributed by atoms with van der Waals surface area (Å²) in [5.74, 6) is -0.195. The second kappa shape index (κ2) is 17.3. The third-order valence-corrected chi connectivity index (χ3v) is 12.0. The zero-order chi connectivity index (χ0) is 32.9. The highest BCUT2D eigenvalue weighted by Gasteiger charge is 2.50. The number of nitrogens with zero attached hydrogens (tertiary/aromatic N) is 2. The van der Waals surface area contributed by atoms with E-state index in [1.165, 1.54) is 23.3 Å². The number of fused-ring (bicyclic) bond motifs is 3. The third-order valence-electron chi connectivity index (χ3n) is 8.48. The van der Waals surface area contributed by atoms with Crippen molar-refractivity contribution in [3.8, 4) is 22.3 Å². The van der Waals surface area contributed by atoms with Gasteiger partial charge in [0.2, 0.25) is 0 Å². The maximum Gasteiger partial charge on any atom is 0.537 e. The van der Waals surface area contributed by atoms with E-state index in [9.17, 15) is 8.87 Å². The fourth-order valence-corrected chi connectivity index (χ4v) is 8.56. The molecule has 7 rings (SSSR count). The molecule has 4 aromatic carbocycles. The first kappa shape index (κ1) is 35.9. The van der Waals surface area contributed by atoms with Crippen LogP contribution in [0.25, 0.3) is 22.3 Å². The number of alkyl halides is 1. The van der Waals surface area contributed by atoms with Crippen molar-refractivity contribution in [1.29, 1.82) is 0 Å². The predicted molar refractivity (Wildman–Crippen MR) is 186 cm³/mol. The van der Waals surface area contributed by atoms with Crippen molar-refractivity contribution in [3.63, 3.8) is 0 Å². The summed E-state index contributed by atoms with van der Waals surface area (Å²) in [7, 11) is -2.80. The maximum atomic E-state index is 13.5. The lowest BCUT2D eigenvalue weighted by Gasteiger charge is -2.48. The van der Waals surface area contributed by atoms with Crippen molar-refractivity contribution in [3.05, 3.63) is 115 Å². The van der Waals surface area contributed by atoms with Crippen LogP contribution in [0.4, 0.5) is 8.87 Å². The second-order valence-electron chi connectivity index (χ2n) is 11.5. The van der Waals surface area contributed by atoms with Crippen LogP contribution in [0.3, 0.4) is 0 Å². The number of hydrogen-bond acceptors (Lipinski definition) is 3. The molecule has 0 aliphatic carbocycles. The summed E-state index contributed by atoms with van der Waals surface area (Å²) >= 11 is 5.85. The molecule has 3 heterocycles. The summed E-state index contributed by atoms with van der Waals surface area (Å²) in [6.07, 6.45) is 0. The van der Waals surface area contributed by atoms with Gasteiger partial charge < -0.3 is 13.3 Å². The summed E-state index contributed by atoms with van der Waals surface area (Å²) < 4.78 is 44.7. The Bertz CT molecular complexity index is 1410. The second-order valence-corrected chi connectivity index (χ2v) is 14.3. The van der Waals surface area contributed by atoms with Gasteiger partial charge in [-0.2, -0.15) is 0 Å². The summed E-state index contributed by atoms with van der Waals surface area (Å²) in [6.45, 7) is 12.5. The Labute approximate surface area is 279 Å². The molecular formula is C37H47ClF2N2O3Si+2. The van der Waals surface area contributed by atoms with E-state index in [1.807, 2.05) is 69.3 Å². The first-order valence-electron chi connectivity index (χ1n) is 16.2. The summed E-state index contributed by atoms with van der Waals surface area (Å²) in [5, 5.41) is 1.01. The molecule has 0 amide bonds. The van der Waals surface area contributed by atoms with Crippen molar-refractivity contribution in [2.24, 2.45) is 0 Å². The van der Waals surface area contributed by atoms with Gasteiger partial charge in [-0.25, -0.2) is 4.39 Å². The van der Waals surface area contributed by atoms with Gasteiger partial charge >= 0.3 is 8.80 Å². The lowest BCUT2D eigenvalue weighted by Crippen LogP contribution is -2.71. The topological polar surface area (TPSA) is 27.7 Å². The fraction of sp³-hybridized carbons (Fsp3) is 0.351. The molecule has 0 aromatic heterocycles. The number of benzene rings is 4. The molecule has 3 aliphatic rings. The number of halogens is 3. The largest absolute Gasteiger partial charge is 0.537 e. The Morgan fingerprint density at radius 3 is 1.30 bits per heavy atom. The number of hydrogen-bond donors (Lipinski definition) is 0. The van der Waals surface area contributed by atoms with E-state index in [0.717, 1.165) is 40.4 Å². The van der Waals surface area contributed by atoms with Crippen LogP contribution >= 0.6 is 11.6 Å². The van der Waals surface area contributed by atoms with E-state index in [-0.39, 0.29) is 10.5 Å². The summed E-state index contributed by atoms with van der Waals surface area (Å²) in [5.41, 5.74) is 4.53. The highest BCUT2D eigenvalue weighted by Crippen LogP contribution is 2.27. The minimum absolute atomic E-state index is 0.195. The molecule has 246 valence electrons. The first-order chi connectivity index (χ1) is 22.3. The predicted octanol–water partition coefficient (Wildman–Crippen LogP) is 7.83. The van der Waals surface area contributed by atoms with Gasteiger partial charge in [-0.15, -0.1) is 4.71 Å². The smallest absolute Gasteiger partial charge is 0.370 e. The van der Waals surface area contributed by atoms with Gasteiger partial charge in [-0.1, -0.05) is 109 Å². The Balaban J connectivity index is 0.000000169. The molecule has 4 aromatic rings. The Morgan fingerprint density at radius 2 is 0.935 bits per heavy atom. The lowest BCUT2D eigenvalue weighted by atomic mass is 10.1. The molecule has 5 nitrogen and oxygen atoms in total. The average molecular weight is 669 g/mol. The zero-order valence-electron chi connectivity index (χ0n) is 27.2. The average Bonchev–Trinajstić information content (AvgIpc) is 3.11. The number of piperazine rings is 3. The van der Waals surface area contributed by atoms with Gasteiger partial charge in [0.05, 0.1) is 0 Å². The molecule has 0 saturated carbocycles. The van der Waals surface area contributed by atoms with Crippen molar-refractivity contribution in [2.75, 3.05) is 65.1 Å². The van der Waals surface area contributed by atoms with Gasteiger partial charge in [0.25, 0.3) is 0 Å². The molecule has 2 bridgehead atoms. The first-order valence-corrected chi connectivity index (χ1v) is 18.4. The van der Waals surface area contributed by atoms with Crippen LogP contribution in [-0.2, 0) is 13.3 Å². The van der Waals surface area contributed by atoms with E-state index in [2.05, 4.69) is 36.4 Å². The SMILES string of the molecule is CCO[Si](OCC)(OCC)c1ccc(-c2ccccc2)cc1.F[N+]12CC[N+](CCl)(CC1)CC2.Fc1ccc(-c2ccccc2)cc1. The standard InChI is InChI=1S/C18H24O3Si.C12H9F.C7H14ClFN2/c1-4-19-22(20-5-2,21-6-3)18-14-12-17(13-15-18)16-10-8-7-9-11-16;13-12-8-6-11(7-9-12)10-4-2-1-3-5-10;8-7-10-1-4-11(9,5-2-10)6-3-10/h7-15H,4-6H2,1-3H3;1-9H;1-7H2/q;;+2. The molecule has 3 fully saturated rings. The molecule has 0 atom stereocenters. The molecule has 3 aliphatic heterocycles. The van der Waals surface area contributed by atoms with Gasteiger partial charge in [-0.05, 0) is 59.6 Å². The van der Waals surface area contributed by atoms with E-state index in [0.29, 0.717) is 45.5 Å². The van der Waals surface area contributed by atoms with E-state index in [1.54, 1.807) is 12.1 Å². The van der Waals surface area contributed by atoms with E-state index in [4.69, 9.17) is 24.9 Å². The van der Waals surface area contributed by atoms with Crippen molar-refractivity contribution < 1.29 is 31.3 Å². The van der Waals surface area contributed by atoms with E-state index < -0.39 is 8.80 Å². The van der Waals surface area contributed by atoms with Crippen LogP contribution in [0, 0.1) is 5.82 Å². The molecule has 9 heteroatoms. The Hall–Kier alpha value is -2.95. The minimum Gasteiger partial charge on any atom is -0.370 e. The Morgan fingerprint density at radius 1 is 0.565 bits per heavy atom. The van der Waals surface area contributed by atoms with Gasteiger partial charge in [0.15, 0.2) is 25.6 Å². The van der Waals surface area contributed by atoms with Gasteiger partial charge in [-0.3, -0.25) is 4.48 Å². The molecule has 0 N–H and O–H groups in total. The van der Waals surface area contributed by atoms with Crippen molar-refractivity contribution >= 4 is 25.6 Å². The number of rotatable bonds is 10. The molecular weight excluding hydrogens is 622 g/mol. The molecule has 46 heavy (non-hydrogen) atoms. The maximum absolute atomic E-state index is 13.5. The minimum atomic E-state index is -2.80. The van der Waals surface area contributed by atoms with Gasteiger partial charge in [0.1, 0.15) is 25.5 Å². The quantitative estimate of drug-likeness (QED) is 0.0567. The van der Waals surface area contributed by atoms with Crippen LogP contribution in [-0.4, -0.2) is 83.1 Å². The van der Waals surface area contributed by atoms with Crippen LogP contribution in [0.15, 0.2) is 109 Å². The molecule has 3 saturated heterocycles. The zero-order valence-corrected chi connectivity index (χ0v) is 29.0. The summed E-state index contributed by atoms with van der Waals surface area (Å²) in [6, 6.07) is 35.8. The lowest BCUT2D eigenvalue weighted by molar-refractivity contribution is -1.15. The summed E-state index contributed by atoms with van der Waals surface area (Å²) in [4.78, 5) is 0.